The third-order valence-electron chi connectivity index (χ3n) is 1.49. The summed E-state index contributed by atoms with van der Waals surface area (Å²) in [7, 11) is 0. The van der Waals surface area contributed by atoms with Gasteiger partial charge in [-0.2, -0.15) is 0 Å². The second kappa shape index (κ2) is 3.29. The largest absolute Gasteiger partial charge is 0.312 e. The number of hydrogen-bond donors (Lipinski definition) is 2. The standard InChI is InChI=1S/C7H9N3O2/c8-7(9)5-1-3-6(4-2-5)10(11)12/h1-4,7H,8-9H2. The molecule has 0 aromatic heterocycles. The first-order valence-electron chi connectivity index (χ1n) is 3.37. The molecule has 0 unspecified atom stereocenters. The van der Waals surface area contributed by atoms with Crippen LogP contribution in [0.15, 0.2) is 24.3 Å². The molecule has 0 aliphatic rings. The first kappa shape index (κ1) is 8.63. The highest BCUT2D eigenvalue weighted by molar-refractivity contribution is 5.33. The number of non-ortho nitro benzene ring substituents is 1. The van der Waals surface area contributed by atoms with Crippen molar-refractivity contribution >= 4 is 5.69 Å². The quantitative estimate of drug-likeness (QED) is 0.381. The third kappa shape index (κ3) is 1.77. The molecular formula is C7H9N3O2. The topological polar surface area (TPSA) is 95.2 Å². The second-order valence-electron chi connectivity index (χ2n) is 2.37. The Hall–Kier alpha value is -1.46. The Morgan fingerprint density at radius 3 is 2.08 bits per heavy atom. The van der Waals surface area contributed by atoms with Gasteiger partial charge in [-0.15, -0.1) is 0 Å². The lowest BCUT2D eigenvalue weighted by atomic mass is 10.2. The van der Waals surface area contributed by atoms with Crippen LogP contribution in [0.25, 0.3) is 0 Å². The zero-order valence-corrected chi connectivity index (χ0v) is 6.31. The molecule has 64 valence electrons. The molecule has 0 heterocycles. The molecule has 0 saturated carbocycles. The fourth-order valence-electron chi connectivity index (χ4n) is 0.818. The molecule has 5 heteroatoms. The molecule has 1 rings (SSSR count). The summed E-state index contributed by atoms with van der Waals surface area (Å²) in [5.74, 6) is 0. The van der Waals surface area contributed by atoms with E-state index in [2.05, 4.69) is 0 Å². The Labute approximate surface area is 69.1 Å². The molecule has 0 bridgehead atoms. The molecule has 0 aliphatic carbocycles. The van der Waals surface area contributed by atoms with Crippen LogP contribution in [0.3, 0.4) is 0 Å². The summed E-state index contributed by atoms with van der Waals surface area (Å²) in [6.07, 6.45) is -0.578. The Balaban J connectivity index is 2.93. The monoisotopic (exact) mass is 167 g/mol. The first-order chi connectivity index (χ1) is 5.61. The van der Waals surface area contributed by atoms with Crippen LogP contribution in [0.5, 0.6) is 0 Å². The van der Waals surface area contributed by atoms with E-state index in [0.29, 0.717) is 5.56 Å². The van der Waals surface area contributed by atoms with Crippen LogP contribution in [-0.4, -0.2) is 4.92 Å². The van der Waals surface area contributed by atoms with Crippen LogP contribution in [-0.2, 0) is 0 Å². The summed E-state index contributed by atoms with van der Waals surface area (Å²) in [4.78, 5) is 9.76. The van der Waals surface area contributed by atoms with Crippen LogP contribution in [0.4, 0.5) is 5.69 Å². The van der Waals surface area contributed by atoms with E-state index in [-0.39, 0.29) is 5.69 Å². The van der Waals surface area contributed by atoms with Crippen LogP contribution >= 0.6 is 0 Å². The smallest absolute Gasteiger partial charge is 0.269 e. The van der Waals surface area contributed by atoms with E-state index in [1.54, 1.807) is 12.1 Å². The van der Waals surface area contributed by atoms with E-state index < -0.39 is 11.1 Å². The van der Waals surface area contributed by atoms with Crippen LogP contribution in [0.1, 0.15) is 11.7 Å². The predicted molar refractivity (Wildman–Crippen MR) is 44.2 cm³/mol. The van der Waals surface area contributed by atoms with Gasteiger partial charge in [-0.3, -0.25) is 10.1 Å². The molecule has 0 atom stereocenters. The van der Waals surface area contributed by atoms with E-state index in [4.69, 9.17) is 11.5 Å². The zero-order chi connectivity index (χ0) is 9.14. The minimum Gasteiger partial charge on any atom is -0.312 e. The van der Waals surface area contributed by atoms with Crippen molar-refractivity contribution in [3.8, 4) is 0 Å². The lowest BCUT2D eigenvalue weighted by Crippen LogP contribution is -2.19. The Kier molecular flexibility index (Phi) is 2.37. The lowest BCUT2D eigenvalue weighted by molar-refractivity contribution is -0.384. The maximum absolute atomic E-state index is 10.2. The average Bonchev–Trinajstić information content (AvgIpc) is 2.04. The molecule has 5 nitrogen and oxygen atoms in total. The number of nitrogens with two attached hydrogens (primary N) is 2. The van der Waals surface area contributed by atoms with Crippen molar-refractivity contribution in [3.05, 3.63) is 39.9 Å². The lowest BCUT2D eigenvalue weighted by Gasteiger charge is -2.03. The number of nitrogens with zero attached hydrogens (tertiary/aromatic N) is 1. The maximum atomic E-state index is 10.2. The average molecular weight is 167 g/mol. The number of hydrogen-bond acceptors (Lipinski definition) is 4. The number of benzene rings is 1. The van der Waals surface area contributed by atoms with Gasteiger partial charge in [0.25, 0.3) is 5.69 Å². The van der Waals surface area contributed by atoms with Crippen LogP contribution in [0.2, 0.25) is 0 Å². The van der Waals surface area contributed by atoms with Gasteiger partial charge in [-0.05, 0) is 17.7 Å². The summed E-state index contributed by atoms with van der Waals surface area (Å²) in [6, 6.07) is 5.84. The Morgan fingerprint density at radius 1 is 1.25 bits per heavy atom. The van der Waals surface area contributed by atoms with Crippen molar-refractivity contribution < 1.29 is 4.92 Å². The summed E-state index contributed by atoms with van der Waals surface area (Å²) in [5, 5.41) is 10.2. The highest BCUT2D eigenvalue weighted by Crippen LogP contribution is 2.13. The van der Waals surface area contributed by atoms with E-state index in [9.17, 15) is 10.1 Å². The van der Waals surface area contributed by atoms with Gasteiger partial charge in [0.05, 0.1) is 11.1 Å². The molecule has 4 N–H and O–H groups in total. The van der Waals surface area contributed by atoms with Crippen LogP contribution < -0.4 is 11.5 Å². The first-order valence-corrected chi connectivity index (χ1v) is 3.37. The maximum Gasteiger partial charge on any atom is 0.269 e. The Bertz CT molecular complexity index is 281. The van der Waals surface area contributed by atoms with Crippen LogP contribution in [0, 0.1) is 10.1 Å². The summed E-state index contributed by atoms with van der Waals surface area (Å²) in [5.41, 5.74) is 11.4. The molecule has 0 amide bonds. The van der Waals surface area contributed by atoms with Crippen molar-refractivity contribution in [1.82, 2.24) is 0 Å². The van der Waals surface area contributed by atoms with E-state index >= 15 is 0 Å². The van der Waals surface area contributed by atoms with Crippen molar-refractivity contribution in [2.45, 2.75) is 6.17 Å². The van der Waals surface area contributed by atoms with Crippen molar-refractivity contribution in [2.24, 2.45) is 11.5 Å². The fourth-order valence-corrected chi connectivity index (χ4v) is 0.818. The van der Waals surface area contributed by atoms with E-state index in [1.165, 1.54) is 12.1 Å². The molecule has 0 saturated heterocycles. The molecular weight excluding hydrogens is 158 g/mol. The second-order valence-corrected chi connectivity index (χ2v) is 2.37. The minimum absolute atomic E-state index is 0.0411. The molecule has 1 aromatic rings. The summed E-state index contributed by atoms with van der Waals surface area (Å²) < 4.78 is 0. The SMILES string of the molecule is NC(N)c1ccc([N+](=O)[O-])cc1. The number of nitro groups is 1. The minimum atomic E-state index is -0.578. The molecule has 0 aliphatic heterocycles. The van der Waals surface area contributed by atoms with Gasteiger partial charge in [0.2, 0.25) is 0 Å². The van der Waals surface area contributed by atoms with Crippen molar-refractivity contribution in [1.29, 1.82) is 0 Å². The highest BCUT2D eigenvalue weighted by Gasteiger charge is 2.05. The van der Waals surface area contributed by atoms with Gasteiger partial charge in [-0.25, -0.2) is 0 Å². The third-order valence-corrected chi connectivity index (χ3v) is 1.49. The predicted octanol–water partition coefficient (Wildman–Crippen LogP) is 0.511. The molecule has 0 radical (unpaired) electrons. The fraction of sp³-hybridized carbons (Fsp3) is 0.143. The molecule has 0 spiro atoms. The van der Waals surface area contributed by atoms with E-state index in [1.807, 2.05) is 0 Å². The van der Waals surface area contributed by atoms with Gasteiger partial charge < -0.3 is 11.5 Å². The summed E-state index contributed by atoms with van der Waals surface area (Å²) >= 11 is 0. The van der Waals surface area contributed by atoms with Gasteiger partial charge in [0.15, 0.2) is 0 Å². The number of rotatable bonds is 2. The van der Waals surface area contributed by atoms with Gasteiger partial charge in [-0.1, -0.05) is 0 Å². The van der Waals surface area contributed by atoms with Crippen molar-refractivity contribution in [3.63, 3.8) is 0 Å². The van der Waals surface area contributed by atoms with Gasteiger partial charge in [0.1, 0.15) is 0 Å². The van der Waals surface area contributed by atoms with Gasteiger partial charge in [0, 0.05) is 12.1 Å². The van der Waals surface area contributed by atoms with E-state index in [0.717, 1.165) is 0 Å². The molecule has 0 fully saturated rings. The van der Waals surface area contributed by atoms with Gasteiger partial charge >= 0.3 is 0 Å². The molecule has 12 heavy (non-hydrogen) atoms. The molecule has 1 aromatic carbocycles. The summed E-state index contributed by atoms with van der Waals surface area (Å²) in [6.45, 7) is 0. The zero-order valence-electron chi connectivity index (χ0n) is 6.31. The normalized spacial score (nSPS) is 10.2. The van der Waals surface area contributed by atoms with Crippen molar-refractivity contribution in [2.75, 3.05) is 0 Å². The Morgan fingerprint density at radius 2 is 1.75 bits per heavy atom. The number of nitro benzene ring substituents is 1. The highest BCUT2D eigenvalue weighted by atomic mass is 16.6.